The van der Waals surface area contributed by atoms with E-state index >= 15 is 0 Å². The van der Waals surface area contributed by atoms with E-state index in [9.17, 15) is 9.59 Å². The number of carbonyl (C=O) groups is 2. The Morgan fingerprint density at radius 1 is 1.50 bits per heavy atom. The van der Waals surface area contributed by atoms with E-state index in [1.165, 1.54) is 0 Å². The van der Waals surface area contributed by atoms with Crippen molar-refractivity contribution in [3.63, 3.8) is 0 Å². The Bertz CT molecular complexity index is 268. The Balaban J connectivity index is 2.56. The molecule has 92 valence electrons. The van der Waals surface area contributed by atoms with Crippen LogP contribution >= 0.6 is 0 Å². The molecule has 5 heteroatoms. The highest BCUT2D eigenvalue weighted by Crippen LogP contribution is 2.17. The predicted molar refractivity (Wildman–Crippen MR) is 62.1 cm³/mol. The van der Waals surface area contributed by atoms with E-state index in [0.29, 0.717) is 13.1 Å². The summed E-state index contributed by atoms with van der Waals surface area (Å²) in [4.78, 5) is 26.9. The van der Waals surface area contributed by atoms with Crippen LogP contribution in [0.2, 0.25) is 0 Å². The zero-order valence-corrected chi connectivity index (χ0v) is 10.3. The highest BCUT2D eigenvalue weighted by atomic mass is 16.2. The molecule has 1 rings (SSSR count). The Morgan fingerprint density at radius 3 is 2.75 bits per heavy atom. The molecule has 0 aliphatic carbocycles. The van der Waals surface area contributed by atoms with Gasteiger partial charge in [0, 0.05) is 33.7 Å². The third-order valence-corrected chi connectivity index (χ3v) is 3.11. The first kappa shape index (κ1) is 12.8. The number of carbonyl (C=O) groups excluding carboxylic acids is 2. The molecule has 0 bridgehead atoms. The molecule has 1 fully saturated rings. The first-order valence-electron chi connectivity index (χ1n) is 5.81. The predicted octanol–water partition coefficient (Wildman–Crippen LogP) is 0.516. The lowest BCUT2D eigenvalue weighted by molar-refractivity contribution is -0.125. The lowest BCUT2D eigenvalue weighted by Gasteiger charge is -2.34. The Labute approximate surface area is 96.8 Å². The van der Waals surface area contributed by atoms with Crippen LogP contribution in [0, 0.1) is 5.92 Å². The second-order valence-corrected chi connectivity index (χ2v) is 4.20. The number of amides is 3. The first-order chi connectivity index (χ1) is 7.60. The van der Waals surface area contributed by atoms with E-state index in [2.05, 4.69) is 5.32 Å². The third kappa shape index (κ3) is 2.87. The molecule has 16 heavy (non-hydrogen) atoms. The molecule has 1 atom stereocenters. The summed E-state index contributed by atoms with van der Waals surface area (Å²) in [6.07, 6.45) is 1.78. The van der Waals surface area contributed by atoms with Crippen molar-refractivity contribution < 1.29 is 9.59 Å². The van der Waals surface area contributed by atoms with Crippen LogP contribution in [0.1, 0.15) is 19.8 Å². The summed E-state index contributed by atoms with van der Waals surface area (Å²) in [5.41, 5.74) is 0. The van der Waals surface area contributed by atoms with Gasteiger partial charge in [-0.1, -0.05) is 0 Å². The molecule has 1 saturated heterocycles. The van der Waals surface area contributed by atoms with Gasteiger partial charge in [-0.25, -0.2) is 4.79 Å². The SMILES string of the molecule is CCN(C)C(=O)N1CCCC(C(=O)NC)C1. The monoisotopic (exact) mass is 227 g/mol. The van der Waals surface area contributed by atoms with Gasteiger partial charge in [-0.3, -0.25) is 4.79 Å². The average molecular weight is 227 g/mol. The largest absolute Gasteiger partial charge is 0.359 e. The molecule has 1 unspecified atom stereocenters. The van der Waals surface area contributed by atoms with Gasteiger partial charge in [-0.05, 0) is 19.8 Å². The fourth-order valence-electron chi connectivity index (χ4n) is 1.95. The van der Waals surface area contributed by atoms with Crippen LogP contribution in [0.15, 0.2) is 0 Å². The molecule has 0 saturated carbocycles. The van der Waals surface area contributed by atoms with Gasteiger partial charge >= 0.3 is 6.03 Å². The van der Waals surface area contributed by atoms with Gasteiger partial charge in [0.2, 0.25) is 5.91 Å². The maximum Gasteiger partial charge on any atom is 0.319 e. The van der Waals surface area contributed by atoms with Gasteiger partial charge in [0.15, 0.2) is 0 Å². The number of rotatable bonds is 2. The Hall–Kier alpha value is -1.26. The minimum Gasteiger partial charge on any atom is -0.359 e. The van der Waals surface area contributed by atoms with E-state index in [0.717, 1.165) is 19.4 Å². The van der Waals surface area contributed by atoms with Gasteiger partial charge in [0.25, 0.3) is 0 Å². The van der Waals surface area contributed by atoms with Crippen molar-refractivity contribution in [1.82, 2.24) is 15.1 Å². The second-order valence-electron chi connectivity index (χ2n) is 4.20. The van der Waals surface area contributed by atoms with E-state index in [1.807, 2.05) is 6.92 Å². The fraction of sp³-hybridized carbons (Fsp3) is 0.818. The van der Waals surface area contributed by atoms with Crippen LogP contribution in [0.5, 0.6) is 0 Å². The number of nitrogens with one attached hydrogen (secondary N) is 1. The zero-order chi connectivity index (χ0) is 12.1. The molecule has 0 radical (unpaired) electrons. The Morgan fingerprint density at radius 2 is 2.19 bits per heavy atom. The molecular weight excluding hydrogens is 206 g/mol. The molecule has 5 nitrogen and oxygen atoms in total. The van der Waals surface area contributed by atoms with Crippen molar-refractivity contribution in [3.8, 4) is 0 Å². The molecule has 0 aromatic carbocycles. The maximum atomic E-state index is 11.9. The lowest BCUT2D eigenvalue weighted by atomic mass is 9.97. The summed E-state index contributed by atoms with van der Waals surface area (Å²) in [7, 11) is 3.42. The van der Waals surface area contributed by atoms with Crippen LogP contribution < -0.4 is 5.32 Å². The summed E-state index contributed by atoms with van der Waals surface area (Å²) in [5, 5.41) is 2.65. The van der Waals surface area contributed by atoms with E-state index in [4.69, 9.17) is 0 Å². The molecule has 0 spiro atoms. The number of hydrogen-bond acceptors (Lipinski definition) is 2. The van der Waals surface area contributed by atoms with E-state index in [-0.39, 0.29) is 17.9 Å². The molecular formula is C11H21N3O2. The molecule has 3 amide bonds. The second kappa shape index (κ2) is 5.72. The van der Waals surface area contributed by atoms with Crippen molar-refractivity contribution in [2.45, 2.75) is 19.8 Å². The standard InChI is InChI=1S/C11H21N3O2/c1-4-13(3)11(16)14-7-5-6-9(8-14)10(15)12-2/h9H,4-8H2,1-3H3,(H,12,15). The van der Waals surface area contributed by atoms with Gasteiger partial charge in [-0.2, -0.15) is 0 Å². The Kier molecular flexibility index (Phi) is 4.58. The summed E-state index contributed by atoms with van der Waals surface area (Å²) in [6.45, 7) is 3.94. The highest BCUT2D eigenvalue weighted by molar-refractivity contribution is 5.80. The normalized spacial score (nSPS) is 20.4. The quantitative estimate of drug-likeness (QED) is 0.747. The van der Waals surface area contributed by atoms with Crippen LogP contribution in [0.4, 0.5) is 4.79 Å². The summed E-state index contributed by atoms with van der Waals surface area (Å²) in [5.74, 6) is -0.00962. The van der Waals surface area contributed by atoms with Crippen molar-refractivity contribution in [3.05, 3.63) is 0 Å². The van der Waals surface area contributed by atoms with Gasteiger partial charge in [-0.15, -0.1) is 0 Å². The molecule has 0 aromatic heterocycles. The van der Waals surface area contributed by atoms with Crippen LogP contribution in [0.3, 0.4) is 0 Å². The molecule has 1 aliphatic rings. The number of nitrogens with zero attached hydrogens (tertiary/aromatic N) is 2. The third-order valence-electron chi connectivity index (χ3n) is 3.11. The molecule has 0 aromatic rings. The summed E-state index contributed by atoms with van der Waals surface area (Å²) in [6, 6.07) is 0.0242. The summed E-state index contributed by atoms with van der Waals surface area (Å²) >= 11 is 0. The van der Waals surface area contributed by atoms with Crippen molar-refractivity contribution in [2.75, 3.05) is 33.7 Å². The van der Waals surface area contributed by atoms with Crippen LogP contribution in [-0.2, 0) is 4.79 Å². The molecule has 1 N–H and O–H groups in total. The number of likely N-dealkylation sites (tertiary alicyclic amines) is 1. The van der Waals surface area contributed by atoms with Crippen molar-refractivity contribution in [1.29, 1.82) is 0 Å². The van der Waals surface area contributed by atoms with Gasteiger partial charge < -0.3 is 15.1 Å². The number of piperidine rings is 1. The minimum absolute atomic E-state index is 0.0242. The van der Waals surface area contributed by atoms with E-state index in [1.54, 1.807) is 23.9 Å². The molecule has 1 heterocycles. The van der Waals surface area contributed by atoms with E-state index < -0.39 is 0 Å². The van der Waals surface area contributed by atoms with Gasteiger partial charge in [0.1, 0.15) is 0 Å². The zero-order valence-electron chi connectivity index (χ0n) is 10.3. The van der Waals surface area contributed by atoms with Crippen molar-refractivity contribution >= 4 is 11.9 Å². The highest BCUT2D eigenvalue weighted by Gasteiger charge is 2.28. The first-order valence-corrected chi connectivity index (χ1v) is 5.81. The number of urea groups is 1. The lowest BCUT2D eigenvalue weighted by Crippen LogP contribution is -2.48. The summed E-state index contributed by atoms with van der Waals surface area (Å²) < 4.78 is 0. The van der Waals surface area contributed by atoms with Gasteiger partial charge in [0.05, 0.1) is 5.92 Å². The smallest absolute Gasteiger partial charge is 0.319 e. The van der Waals surface area contributed by atoms with Crippen LogP contribution in [-0.4, -0.2) is 55.5 Å². The topological polar surface area (TPSA) is 52.7 Å². The molecule has 1 aliphatic heterocycles. The average Bonchev–Trinajstić information content (AvgIpc) is 2.36. The maximum absolute atomic E-state index is 11.9. The van der Waals surface area contributed by atoms with Crippen LogP contribution in [0.25, 0.3) is 0 Å². The number of hydrogen-bond donors (Lipinski definition) is 1. The fourth-order valence-corrected chi connectivity index (χ4v) is 1.95. The van der Waals surface area contributed by atoms with Crippen molar-refractivity contribution in [2.24, 2.45) is 5.92 Å². The minimum atomic E-state index is -0.0482.